The van der Waals surface area contributed by atoms with E-state index < -0.39 is 12.2 Å². The zero-order chi connectivity index (χ0) is 31.4. The summed E-state index contributed by atoms with van der Waals surface area (Å²) in [5.74, 6) is -0.00556. The maximum absolute atomic E-state index is 12.2. The third-order valence-electron chi connectivity index (χ3n) is 7.40. The molecule has 1 aliphatic rings. The number of hydroxylamine groups is 1. The van der Waals surface area contributed by atoms with E-state index in [0.29, 0.717) is 30.3 Å². The summed E-state index contributed by atoms with van der Waals surface area (Å²) in [6.45, 7) is 0.342. The molecule has 0 bridgehead atoms. The van der Waals surface area contributed by atoms with Crippen LogP contribution in [0.4, 0.5) is 0 Å². The van der Waals surface area contributed by atoms with Crippen LogP contribution in [-0.2, 0) is 32.2 Å². The third-order valence-corrected chi connectivity index (χ3v) is 8.40. The highest BCUT2D eigenvalue weighted by molar-refractivity contribution is 7.99. The molecule has 11 heteroatoms. The van der Waals surface area contributed by atoms with Gasteiger partial charge in [0, 0.05) is 49.5 Å². The summed E-state index contributed by atoms with van der Waals surface area (Å²) in [6, 6.07) is 25.6. The molecule has 0 aliphatic carbocycles. The first kappa shape index (κ1) is 32.3. The number of ether oxygens (including phenoxy) is 2. The van der Waals surface area contributed by atoms with Crippen LogP contribution in [0, 0.1) is 0 Å². The van der Waals surface area contributed by atoms with Gasteiger partial charge in [-0.15, -0.1) is 0 Å². The highest BCUT2D eigenvalue weighted by atomic mass is 32.2. The quantitative estimate of drug-likeness (QED) is 0.0674. The Hall–Kier alpha value is -4.13. The van der Waals surface area contributed by atoms with Gasteiger partial charge in [0.1, 0.15) is 0 Å². The number of aliphatic hydroxyl groups is 1. The lowest BCUT2D eigenvalue weighted by atomic mass is 9.99. The van der Waals surface area contributed by atoms with Gasteiger partial charge >= 0.3 is 0 Å². The molecule has 10 nitrogen and oxygen atoms in total. The van der Waals surface area contributed by atoms with Crippen molar-refractivity contribution in [1.29, 1.82) is 0 Å². The molecule has 1 aliphatic heterocycles. The van der Waals surface area contributed by atoms with Crippen molar-refractivity contribution < 1.29 is 29.4 Å². The maximum atomic E-state index is 12.2. The van der Waals surface area contributed by atoms with Gasteiger partial charge in [0.2, 0.25) is 11.8 Å². The predicted molar refractivity (Wildman–Crippen MR) is 169 cm³/mol. The molecule has 2 heterocycles. The van der Waals surface area contributed by atoms with Crippen molar-refractivity contribution in [2.24, 2.45) is 0 Å². The van der Waals surface area contributed by atoms with Gasteiger partial charge in [0.05, 0.1) is 18.8 Å². The number of carbonyl (C=O) groups is 2. The average molecular weight is 629 g/mol. The highest BCUT2D eigenvalue weighted by Gasteiger charge is 2.32. The second kappa shape index (κ2) is 16.3. The van der Waals surface area contributed by atoms with E-state index in [1.54, 1.807) is 35.7 Å². The summed E-state index contributed by atoms with van der Waals surface area (Å²) in [5, 5.41) is 21.7. The van der Waals surface area contributed by atoms with Gasteiger partial charge in [-0.05, 0) is 52.4 Å². The van der Waals surface area contributed by atoms with Crippen LogP contribution in [0.5, 0.6) is 0 Å². The molecule has 2 amide bonds. The zero-order valence-corrected chi connectivity index (χ0v) is 25.5. The molecule has 4 aromatic rings. The van der Waals surface area contributed by atoms with E-state index >= 15 is 0 Å². The van der Waals surface area contributed by atoms with Crippen molar-refractivity contribution in [2.75, 3.05) is 5.75 Å². The molecule has 1 saturated heterocycles. The van der Waals surface area contributed by atoms with E-state index in [0.717, 1.165) is 33.4 Å². The van der Waals surface area contributed by atoms with Gasteiger partial charge in [-0.1, -0.05) is 72.4 Å². The SMILES string of the molecule is O=C(CCCC(=O)NCc1cccc(-c2cccc([C@@H]3O[C@H](CSc4ncccn4)C[C@H](c4ccc(CO)cc4)O3)c2)c1)NO. The normalized spacial score (nSPS) is 17.9. The Morgan fingerprint density at radius 3 is 2.33 bits per heavy atom. The van der Waals surface area contributed by atoms with Gasteiger partial charge in [0.15, 0.2) is 11.4 Å². The Morgan fingerprint density at radius 1 is 0.844 bits per heavy atom. The largest absolute Gasteiger partial charge is 0.392 e. The maximum Gasteiger partial charge on any atom is 0.243 e. The topological polar surface area (TPSA) is 143 Å². The van der Waals surface area contributed by atoms with Crippen LogP contribution < -0.4 is 10.8 Å². The van der Waals surface area contributed by atoms with E-state index in [9.17, 15) is 14.7 Å². The number of aliphatic hydroxyl groups excluding tert-OH is 1. The fourth-order valence-corrected chi connectivity index (χ4v) is 5.85. The number of carbonyl (C=O) groups excluding carboxylic acids is 2. The first-order chi connectivity index (χ1) is 22.0. The van der Waals surface area contributed by atoms with Gasteiger partial charge in [-0.2, -0.15) is 0 Å². The van der Waals surface area contributed by atoms with E-state index in [2.05, 4.69) is 21.4 Å². The summed E-state index contributed by atoms with van der Waals surface area (Å²) in [7, 11) is 0. The Bertz CT molecular complexity index is 1560. The molecule has 3 atom stereocenters. The number of aromatic nitrogens is 2. The number of hydrogen-bond acceptors (Lipinski definition) is 9. The number of nitrogens with one attached hydrogen (secondary N) is 2. The lowest BCUT2D eigenvalue weighted by molar-refractivity contribution is -0.245. The highest BCUT2D eigenvalue weighted by Crippen LogP contribution is 2.40. The van der Waals surface area contributed by atoms with Crippen LogP contribution in [0.3, 0.4) is 0 Å². The Labute approximate surface area is 266 Å². The molecule has 45 heavy (non-hydrogen) atoms. The molecule has 4 N–H and O–H groups in total. The van der Waals surface area contributed by atoms with Crippen molar-refractivity contribution in [3.05, 3.63) is 114 Å². The van der Waals surface area contributed by atoms with Crippen LogP contribution in [-0.4, -0.2) is 44.0 Å². The fourth-order valence-electron chi connectivity index (χ4n) is 5.03. The third kappa shape index (κ3) is 9.43. The Balaban J connectivity index is 1.28. The monoisotopic (exact) mass is 628 g/mol. The molecule has 0 unspecified atom stereocenters. The zero-order valence-electron chi connectivity index (χ0n) is 24.7. The van der Waals surface area contributed by atoms with Crippen molar-refractivity contribution in [2.45, 2.75) is 62.5 Å². The number of thioether (sulfide) groups is 1. The van der Waals surface area contributed by atoms with Gasteiger partial charge < -0.3 is 19.9 Å². The molecule has 0 spiro atoms. The molecular formula is C34H36N4O6S. The summed E-state index contributed by atoms with van der Waals surface area (Å²) >= 11 is 1.55. The van der Waals surface area contributed by atoms with Crippen LogP contribution in [0.25, 0.3) is 11.1 Å². The summed E-state index contributed by atoms with van der Waals surface area (Å²) in [4.78, 5) is 32.0. The van der Waals surface area contributed by atoms with Gasteiger partial charge in [-0.25, -0.2) is 15.4 Å². The minimum Gasteiger partial charge on any atom is -0.392 e. The first-order valence-corrected chi connectivity index (χ1v) is 15.8. The minimum atomic E-state index is -0.598. The van der Waals surface area contributed by atoms with E-state index in [1.807, 2.05) is 66.7 Å². The van der Waals surface area contributed by atoms with Crippen LogP contribution in [0.1, 0.15) is 60.3 Å². The summed E-state index contributed by atoms with van der Waals surface area (Å²) in [5.41, 5.74) is 7.24. The molecule has 234 valence electrons. The molecule has 0 saturated carbocycles. The smallest absolute Gasteiger partial charge is 0.243 e. The second-order valence-electron chi connectivity index (χ2n) is 10.7. The van der Waals surface area contributed by atoms with Gasteiger partial charge in [-0.3, -0.25) is 14.8 Å². The lowest BCUT2D eigenvalue weighted by Crippen LogP contribution is -2.31. The number of benzene rings is 3. The van der Waals surface area contributed by atoms with E-state index in [1.165, 1.54) is 0 Å². The molecule has 5 rings (SSSR count). The number of hydrogen-bond donors (Lipinski definition) is 4. The number of rotatable bonds is 13. The second-order valence-corrected chi connectivity index (χ2v) is 11.7. The standard InChI is InChI=1S/C34H36N4O6S/c39-21-23-11-13-25(14-12-23)30-19-29(22-45-34-35-15-4-16-36-34)43-33(44-30)28-8-2-7-27(18-28)26-6-1-5-24(17-26)20-37-31(40)9-3-10-32(41)38-42/h1-2,4-8,11-18,29-30,33,39,42H,3,9-10,19-22H2,(H,37,40)(H,38,41)/t29-,30+,33+/m0/s1. The average Bonchev–Trinajstić information content (AvgIpc) is 3.10. The van der Waals surface area contributed by atoms with Crippen molar-refractivity contribution in [3.63, 3.8) is 0 Å². The molecule has 1 aromatic heterocycles. The van der Waals surface area contributed by atoms with Crippen molar-refractivity contribution in [1.82, 2.24) is 20.8 Å². The predicted octanol–water partition coefficient (Wildman–Crippen LogP) is 5.27. The molecule has 0 radical (unpaired) electrons. The molecule has 1 fully saturated rings. The van der Waals surface area contributed by atoms with E-state index in [-0.39, 0.29) is 37.6 Å². The van der Waals surface area contributed by atoms with Crippen LogP contribution >= 0.6 is 11.8 Å². The Kier molecular flexibility index (Phi) is 11.7. The number of nitrogens with zero attached hydrogens (tertiary/aromatic N) is 2. The minimum absolute atomic E-state index is 0.0141. The fraction of sp³-hybridized carbons (Fsp3) is 0.294. The molecule has 3 aromatic carbocycles. The van der Waals surface area contributed by atoms with Crippen LogP contribution in [0.2, 0.25) is 0 Å². The Morgan fingerprint density at radius 2 is 1.58 bits per heavy atom. The van der Waals surface area contributed by atoms with Gasteiger partial charge in [0.25, 0.3) is 0 Å². The van der Waals surface area contributed by atoms with Crippen LogP contribution in [0.15, 0.2) is 96.4 Å². The van der Waals surface area contributed by atoms with E-state index in [4.69, 9.17) is 14.7 Å². The van der Waals surface area contributed by atoms with Crippen molar-refractivity contribution >= 4 is 23.6 Å². The summed E-state index contributed by atoms with van der Waals surface area (Å²) in [6.07, 6.45) is 3.83. The first-order valence-electron chi connectivity index (χ1n) is 14.8. The lowest BCUT2D eigenvalue weighted by Gasteiger charge is -2.36. The summed E-state index contributed by atoms with van der Waals surface area (Å²) < 4.78 is 13.0. The molecular weight excluding hydrogens is 592 g/mol. The van der Waals surface area contributed by atoms with Crippen molar-refractivity contribution in [3.8, 4) is 11.1 Å². The number of amides is 2.